The van der Waals surface area contributed by atoms with Crippen molar-refractivity contribution in [3.63, 3.8) is 0 Å². The average Bonchev–Trinajstić information content (AvgIpc) is 2.90. The predicted molar refractivity (Wildman–Crippen MR) is 139 cm³/mol. The standard InChI is InChI=1S/C27H21F9O8S/c1-3-22(37)40-10-8-24(28,29)43-27(35,36)44-25(30,31)9-11-45-17-6-4-15-12-19(23(38)41-20(15)14-17)18-7-5-16(39-2)13-21(18)42-26(32,33)34/h3-7,12-14H,1,8-11H2,2H3. The van der Waals surface area contributed by atoms with Gasteiger partial charge in [-0.05, 0) is 30.3 Å². The van der Waals surface area contributed by atoms with Gasteiger partial charge in [0.1, 0.15) is 17.1 Å². The van der Waals surface area contributed by atoms with E-state index >= 15 is 0 Å². The first-order valence-corrected chi connectivity index (χ1v) is 13.3. The second-order valence-electron chi connectivity index (χ2n) is 8.72. The number of esters is 1. The molecule has 246 valence electrons. The number of methoxy groups -OCH3 is 1. The van der Waals surface area contributed by atoms with Gasteiger partial charge in [0.2, 0.25) is 0 Å². The number of rotatable bonds is 15. The minimum absolute atomic E-state index is 0.0127. The number of benzene rings is 2. The quantitative estimate of drug-likeness (QED) is 0.0400. The topological polar surface area (TPSA) is 93.4 Å². The van der Waals surface area contributed by atoms with Crippen molar-refractivity contribution in [3.8, 4) is 22.6 Å². The van der Waals surface area contributed by atoms with Crippen molar-refractivity contribution in [3.05, 3.63) is 65.5 Å². The molecule has 0 radical (unpaired) electrons. The van der Waals surface area contributed by atoms with E-state index in [2.05, 4.69) is 25.5 Å². The van der Waals surface area contributed by atoms with Gasteiger partial charge in [0.15, 0.2) is 0 Å². The van der Waals surface area contributed by atoms with E-state index in [1.54, 1.807) is 0 Å². The van der Waals surface area contributed by atoms with E-state index in [9.17, 15) is 49.1 Å². The molecule has 1 heterocycles. The molecule has 0 saturated heterocycles. The number of hydrogen-bond acceptors (Lipinski definition) is 9. The van der Waals surface area contributed by atoms with Gasteiger partial charge in [-0.1, -0.05) is 12.6 Å². The molecule has 0 unspecified atom stereocenters. The molecule has 0 aliphatic heterocycles. The van der Waals surface area contributed by atoms with Crippen LogP contribution in [-0.2, 0) is 19.0 Å². The summed E-state index contributed by atoms with van der Waals surface area (Å²) in [4.78, 5) is 23.7. The van der Waals surface area contributed by atoms with E-state index < -0.39 is 67.4 Å². The largest absolute Gasteiger partial charge is 0.573 e. The van der Waals surface area contributed by atoms with E-state index in [1.807, 2.05) is 0 Å². The van der Waals surface area contributed by atoms with Crippen LogP contribution in [-0.4, -0.2) is 50.3 Å². The summed E-state index contributed by atoms with van der Waals surface area (Å²) in [5.74, 6) is -2.45. The van der Waals surface area contributed by atoms with E-state index in [0.717, 1.165) is 12.1 Å². The average molecular weight is 677 g/mol. The molecule has 3 rings (SSSR count). The monoisotopic (exact) mass is 676 g/mol. The molecule has 0 N–H and O–H groups in total. The second kappa shape index (κ2) is 14.0. The van der Waals surface area contributed by atoms with Crippen molar-refractivity contribution in [2.45, 2.75) is 42.6 Å². The summed E-state index contributed by atoms with van der Waals surface area (Å²) in [6.45, 7) is 1.91. The number of hydrogen-bond donors (Lipinski definition) is 0. The molecule has 0 bridgehead atoms. The number of halogens is 9. The molecule has 18 heteroatoms. The number of carbonyl (C=O) groups is 1. The van der Waals surface area contributed by atoms with Gasteiger partial charge in [0.25, 0.3) is 0 Å². The van der Waals surface area contributed by atoms with E-state index in [1.165, 1.54) is 37.4 Å². The zero-order chi connectivity index (χ0) is 33.6. The maximum absolute atomic E-state index is 14.0. The molecule has 3 aromatic rings. The lowest BCUT2D eigenvalue weighted by atomic mass is 10.0. The van der Waals surface area contributed by atoms with Crippen molar-refractivity contribution in [1.29, 1.82) is 0 Å². The van der Waals surface area contributed by atoms with Crippen LogP contribution < -0.4 is 15.1 Å². The molecule has 0 spiro atoms. The number of thioether (sulfide) groups is 1. The molecule has 0 saturated carbocycles. The highest BCUT2D eigenvalue weighted by Gasteiger charge is 2.51. The SMILES string of the molecule is C=CC(=O)OCCC(F)(F)OC(F)(F)OC(F)(F)CCSc1ccc2cc(-c3ccc(OC)cc3OC(F)(F)F)c(=O)oc2c1. The summed E-state index contributed by atoms with van der Waals surface area (Å²) in [5.41, 5.74) is -1.73. The Kier molecular flexibility index (Phi) is 11.1. The summed E-state index contributed by atoms with van der Waals surface area (Å²) in [6, 6.07) is 8.51. The van der Waals surface area contributed by atoms with Gasteiger partial charge in [-0.3, -0.25) is 0 Å². The molecule has 1 aromatic heterocycles. The van der Waals surface area contributed by atoms with Crippen LogP contribution in [0.25, 0.3) is 22.1 Å². The molecule has 0 aliphatic carbocycles. The van der Waals surface area contributed by atoms with E-state index in [4.69, 9.17) is 9.15 Å². The molecule has 0 aliphatic rings. The Balaban J connectivity index is 1.67. The first-order valence-electron chi connectivity index (χ1n) is 12.3. The maximum atomic E-state index is 14.0. The summed E-state index contributed by atoms with van der Waals surface area (Å²) in [5, 5.41) is 0.216. The molecule has 0 amide bonds. The van der Waals surface area contributed by atoms with Crippen molar-refractivity contribution in [2.75, 3.05) is 19.5 Å². The van der Waals surface area contributed by atoms with Crippen LogP contribution >= 0.6 is 11.8 Å². The molecular weight excluding hydrogens is 655 g/mol. The molecule has 2 aromatic carbocycles. The zero-order valence-electron chi connectivity index (χ0n) is 22.7. The minimum Gasteiger partial charge on any atom is -0.497 e. The number of fused-ring (bicyclic) bond motifs is 1. The van der Waals surface area contributed by atoms with E-state index in [-0.39, 0.29) is 32.7 Å². The van der Waals surface area contributed by atoms with Crippen molar-refractivity contribution in [2.24, 2.45) is 0 Å². The highest BCUT2D eigenvalue weighted by molar-refractivity contribution is 7.99. The Morgan fingerprint density at radius 1 is 0.911 bits per heavy atom. The van der Waals surface area contributed by atoms with Gasteiger partial charge in [-0.2, -0.15) is 17.6 Å². The van der Waals surface area contributed by atoms with Gasteiger partial charge < -0.3 is 18.6 Å². The lowest BCUT2D eigenvalue weighted by Crippen LogP contribution is -2.41. The Hall–Kier alpha value is -3.90. The number of alkyl halides is 9. The van der Waals surface area contributed by atoms with Crippen LogP contribution in [0, 0.1) is 0 Å². The van der Waals surface area contributed by atoms with Crippen LogP contribution in [0.2, 0.25) is 0 Å². The molecular formula is C27H21F9O8S. The van der Waals surface area contributed by atoms with Crippen LogP contribution in [0.15, 0.2) is 69.2 Å². The smallest absolute Gasteiger partial charge is 0.497 e. The molecule has 45 heavy (non-hydrogen) atoms. The van der Waals surface area contributed by atoms with Gasteiger partial charge >= 0.3 is 36.5 Å². The lowest BCUT2D eigenvalue weighted by Gasteiger charge is -2.26. The third-order valence-electron chi connectivity index (χ3n) is 5.41. The van der Waals surface area contributed by atoms with Gasteiger partial charge in [0.05, 0.1) is 25.7 Å². The fraction of sp³-hybridized carbons (Fsp3) is 0.333. The Morgan fingerprint density at radius 2 is 1.58 bits per heavy atom. The Bertz CT molecular complexity index is 1570. The molecule has 0 atom stereocenters. The number of ether oxygens (including phenoxy) is 5. The van der Waals surface area contributed by atoms with Gasteiger partial charge in [0, 0.05) is 40.2 Å². The van der Waals surface area contributed by atoms with Crippen LogP contribution in [0.3, 0.4) is 0 Å². The Labute approximate surface area is 251 Å². The third kappa shape index (κ3) is 10.9. The van der Waals surface area contributed by atoms with Crippen LogP contribution in [0.1, 0.15) is 12.8 Å². The first-order chi connectivity index (χ1) is 20.8. The highest BCUT2D eigenvalue weighted by atomic mass is 32.2. The van der Waals surface area contributed by atoms with Crippen LogP contribution in [0.4, 0.5) is 39.5 Å². The van der Waals surface area contributed by atoms with Crippen molar-refractivity contribution >= 4 is 28.7 Å². The fourth-order valence-corrected chi connectivity index (χ4v) is 4.45. The normalized spacial score (nSPS) is 12.7. The third-order valence-corrected chi connectivity index (χ3v) is 6.41. The summed E-state index contributed by atoms with van der Waals surface area (Å²) < 4.78 is 146. The second-order valence-corrected chi connectivity index (χ2v) is 9.89. The molecule has 8 nitrogen and oxygen atoms in total. The van der Waals surface area contributed by atoms with Gasteiger partial charge in [-0.15, -0.1) is 33.7 Å². The lowest BCUT2D eigenvalue weighted by molar-refractivity contribution is -0.514. The maximum Gasteiger partial charge on any atom is 0.573 e. The summed E-state index contributed by atoms with van der Waals surface area (Å²) >= 11 is 0.665. The fourth-order valence-electron chi connectivity index (χ4n) is 3.52. The Morgan fingerprint density at radius 3 is 2.20 bits per heavy atom. The van der Waals surface area contributed by atoms with E-state index in [0.29, 0.717) is 17.8 Å². The zero-order valence-corrected chi connectivity index (χ0v) is 23.5. The van der Waals surface area contributed by atoms with Crippen molar-refractivity contribution in [1.82, 2.24) is 0 Å². The van der Waals surface area contributed by atoms with Gasteiger partial charge in [-0.25, -0.2) is 19.1 Å². The highest BCUT2D eigenvalue weighted by Crippen LogP contribution is 2.39. The molecule has 0 fully saturated rings. The van der Waals surface area contributed by atoms with Crippen molar-refractivity contribution < 1.29 is 72.4 Å². The minimum atomic E-state index is -5.43. The first kappa shape index (κ1) is 35.6. The van der Waals surface area contributed by atoms with Crippen LogP contribution in [0.5, 0.6) is 11.5 Å². The predicted octanol–water partition coefficient (Wildman–Crippen LogP) is 7.74. The summed E-state index contributed by atoms with van der Waals surface area (Å²) in [7, 11) is 1.21. The summed E-state index contributed by atoms with van der Waals surface area (Å²) in [6.07, 6.45) is -22.2. The number of carbonyl (C=O) groups excluding carboxylic acids is 1.